The van der Waals surface area contributed by atoms with Crippen molar-refractivity contribution < 1.29 is 9.84 Å². The van der Waals surface area contributed by atoms with Crippen LogP contribution in [0.3, 0.4) is 0 Å². The van der Waals surface area contributed by atoms with E-state index in [4.69, 9.17) is 10.1 Å². The monoisotopic (exact) mass is 365 g/mol. The van der Waals surface area contributed by atoms with E-state index in [1.54, 1.807) is 0 Å². The fourth-order valence-corrected chi connectivity index (χ4v) is 4.08. The number of hydrogen-bond acceptors (Lipinski definition) is 5. The summed E-state index contributed by atoms with van der Waals surface area (Å²) in [5.41, 5.74) is 2.50. The van der Waals surface area contributed by atoms with Gasteiger partial charge in [0.25, 0.3) is 0 Å². The van der Waals surface area contributed by atoms with Crippen LogP contribution in [0.15, 0.2) is 54.3 Å². The van der Waals surface area contributed by atoms with Gasteiger partial charge in [-0.2, -0.15) is 0 Å². The summed E-state index contributed by atoms with van der Waals surface area (Å²) < 4.78 is 6.52. The summed E-state index contributed by atoms with van der Waals surface area (Å²) >= 11 is 1.50. The van der Waals surface area contributed by atoms with Crippen molar-refractivity contribution in [3.8, 4) is 5.75 Å². The molecule has 1 aliphatic heterocycles. The van der Waals surface area contributed by atoms with E-state index in [0.29, 0.717) is 36.1 Å². The lowest BCUT2D eigenvalue weighted by atomic mass is 10.2. The molecule has 0 unspecified atom stereocenters. The van der Waals surface area contributed by atoms with Gasteiger partial charge in [-0.25, -0.2) is 4.98 Å². The number of aliphatic hydroxyl groups is 1. The highest BCUT2D eigenvalue weighted by Crippen LogP contribution is 2.33. The van der Waals surface area contributed by atoms with Crippen LogP contribution < -0.4 is 4.74 Å². The number of aromatic nitrogens is 1. The van der Waals surface area contributed by atoms with Gasteiger partial charge < -0.3 is 14.7 Å². The van der Waals surface area contributed by atoms with Crippen LogP contribution in [-0.2, 0) is 6.54 Å². The zero-order valence-electron chi connectivity index (χ0n) is 14.4. The predicted molar refractivity (Wildman–Crippen MR) is 105 cm³/mol. The Labute approximate surface area is 155 Å². The molecule has 3 aromatic rings. The third kappa shape index (κ3) is 3.04. The summed E-state index contributed by atoms with van der Waals surface area (Å²) in [6.45, 7) is 3.48. The molecular weight excluding hydrogens is 346 g/mol. The highest BCUT2D eigenvalue weighted by molar-refractivity contribution is 7.19. The maximum absolute atomic E-state index is 10.4. The van der Waals surface area contributed by atoms with E-state index >= 15 is 0 Å². The van der Waals surface area contributed by atoms with Gasteiger partial charge >= 0.3 is 0 Å². The number of nitrogens with one attached hydrogen (secondary N) is 1. The molecule has 6 heteroatoms. The third-order valence-corrected chi connectivity index (χ3v) is 5.35. The maximum atomic E-state index is 10.4. The highest BCUT2D eigenvalue weighted by Gasteiger charge is 2.30. The number of thiazole rings is 1. The van der Waals surface area contributed by atoms with Crippen molar-refractivity contribution in [1.82, 2.24) is 9.88 Å². The van der Waals surface area contributed by atoms with Crippen molar-refractivity contribution in [2.75, 3.05) is 13.2 Å². The third-order valence-electron chi connectivity index (χ3n) is 4.30. The Kier molecular flexibility index (Phi) is 4.34. The van der Waals surface area contributed by atoms with Crippen LogP contribution in [0.5, 0.6) is 5.75 Å². The number of ether oxygens (including phenoxy) is 1. The lowest BCUT2D eigenvalue weighted by molar-refractivity contribution is 0.338. The second-order valence-corrected chi connectivity index (χ2v) is 7.12. The molecule has 2 heterocycles. The predicted octanol–water partition coefficient (Wildman–Crippen LogP) is 4.46. The van der Waals surface area contributed by atoms with E-state index in [9.17, 15) is 5.11 Å². The molecule has 5 nitrogen and oxygen atoms in total. The van der Waals surface area contributed by atoms with Crippen LogP contribution >= 0.6 is 11.3 Å². The SMILES string of the molecule is CCOc1ccc(CN2CC(O)=C(c3nc4ccccc4s3)C2=N)cc1. The Morgan fingerprint density at radius 1 is 1.19 bits per heavy atom. The standard InChI is InChI=1S/C20H19N3O2S/c1-2-25-14-9-7-13(8-10-14)11-23-12-16(24)18(19(23)21)20-22-15-5-3-4-6-17(15)26-20/h3-10,21,24H,2,11-12H2,1H3. The second kappa shape index (κ2) is 6.80. The van der Waals surface area contributed by atoms with Crippen molar-refractivity contribution in [3.63, 3.8) is 0 Å². The number of amidine groups is 1. The van der Waals surface area contributed by atoms with Gasteiger partial charge in [0.1, 0.15) is 22.4 Å². The molecule has 1 aliphatic rings. The minimum atomic E-state index is 0.208. The average Bonchev–Trinajstić information content (AvgIpc) is 3.17. The number of fused-ring (bicyclic) bond motifs is 1. The van der Waals surface area contributed by atoms with Crippen LogP contribution in [0, 0.1) is 5.41 Å². The van der Waals surface area contributed by atoms with E-state index in [2.05, 4.69) is 4.98 Å². The molecule has 4 rings (SSSR count). The molecule has 0 spiro atoms. The molecule has 0 saturated heterocycles. The zero-order valence-corrected chi connectivity index (χ0v) is 15.2. The van der Waals surface area contributed by atoms with Crippen molar-refractivity contribution in [2.45, 2.75) is 13.5 Å². The van der Waals surface area contributed by atoms with E-state index in [1.807, 2.05) is 60.4 Å². The summed E-state index contributed by atoms with van der Waals surface area (Å²) in [4.78, 5) is 6.44. The summed E-state index contributed by atoms with van der Waals surface area (Å²) in [6, 6.07) is 15.7. The van der Waals surface area contributed by atoms with Gasteiger partial charge in [0.2, 0.25) is 0 Å². The molecule has 1 aromatic heterocycles. The van der Waals surface area contributed by atoms with Crippen LogP contribution in [-0.4, -0.2) is 34.0 Å². The molecule has 0 saturated carbocycles. The zero-order chi connectivity index (χ0) is 18.1. The number of para-hydroxylation sites is 1. The van der Waals surface area contributed by atoms with Crippen LogP contribution in [0.1, 0.15) is 17.5 Å². The summed E-state index contributed by atoms with van der Waals surface area (Å²) in [6.07, 6.45) is 0. The Balaban J connectivity index is 1.54. The van der Waals surface area contributed by atoms with Crippen molar-refractivity contribution in [3.05, 3.63) is 64.9 Å². The Morgan fingerprint density at radius 2 is 1.96 bits per heavy atom. The topological polar surface area (TPSA) is 69.4 Å². The van der Waals surface area contributed by atoms with Gasteiger partial charge in [-0.15, -0.1) is 11.3 Å². The summed E-state index contributed by atoms with van der Waals surface area (Å²) in [5, 5.41) is 19.7. The van der Waals surface area contributed by atoms with Gasteiger partial charge in [0, 0.05) is 6.54 Å². The minimum absolute atomic E-state index is 0.208. The van der Waals surface area contributed by atoms with Crippen molar-refractivity contribution in [2.24, 2.45) is 0 Å². The molecule has 0 amide bonds. The normalized spacial score (nSPS) is 14.5. The van der Waals surface area contributed by atoms with Gasteiger partial charge in [-0.3, -0.25) is 5.41 Å². The highest BCUT2D eigenvalue weighted by atomic mass is 32.1. The molecular formula is C20H19N3O2S. The Morgan fingerprint density at radius 3 is 2.69 bits per heavy atom. The fourth-order valence-electron chi connectivity index (χ4n) is 3.05. The lowest BCUT2D eigenvalue weighted by Gasteiger charge is -2.18. The molecule has 0 aliphatic carbocycles. The minimum Gasteiger partial charge on any atom is -0.510 e. The first-order valence-corrected chi connectivity index (χ1v) is 9.31. The molecule has 0 fully saturated rings. The van der Waals surface area contributed by atoms with E-state index in [-0.39, 0.29) is 5.76 Å². The summed E-state index contributed by atoms with van der Waals surface area (Å²) in [5.74, 6) is 1.36. The lowest BCUT2D eigenvalue weighted by Crippen LogP contribution is -2.26. The van der Waals surface area contributed by atoms with Gasteiger partial charge in [-0.1, -0.05) is 24.3 Å². The molecule has 0 radical (unpaired) electrons. The molecule has 2 aromatic carbocycles. The van der Waals surface area contributed by atoms with Crippen LogP contribution in [0.25, 0.3) is 15.8 Å². The van der Waals surface area contributed by atoms with E-state index < -0.39 is 0 Å². The first-order valence-electron chi connectivity index (χ1n) is 8.49. The first-order chi connectivity index (χ1) is 12.7. The molecule has 132 valence electrons. The van der Waals surface area contributed by atoms with E-state index in [1.165, 1.54) is 11.3 Å². The second-order valence-electron chi connectivity index (χ2n) is 6.09. The number of hydrogen-bond donors (Lipinski definition) is 2. The largest absolute Gasteiger partial charge is 0.510 e. The Hall–Kier alpha value is -2.86. The molecule has 26 heavy (non-hydrogen) atoms. The average molecular weight is 365 g/mol. The van der Waals surface area contributed by atoms with Crippen LogP contribution in [0.2, 0.25) is 0 Å². The van der Waals surface area contributed by atoms with Gasteiger partial charge in [-0.05, 0) is 36.8 Å². The summed E-state index contributed by atoms with van der Waals surface area (Å²) in [7, 11) is 0. The number of rotatable bonds is 5. The fraction of sp³-hybridized carbons (Fsp3) is 0.200. The number of benzene rings is 2. The molecule has 0 atom stereocenters. The Bertz CT molecular complexity index is 959. The number of nitrogens with zero attached hydrogens (tertiary/aromatic N) is 2. The smallest absolute Gasteiger partial charge is 0.135 e. The quantitative estimate of drug-likeness (QED) is 0.700. The van der Waals surface area contributed by atoms with Crippen molar-refractivity contribution in [1.29, 1.82) is 5.41 Å². The van der Waals surface area contributed by atoms with Crippen molar-refractivity contribution >= 4 is 33.0 Å². The van der Waals surface area contributed by atoms with Gasteiger partial charge in [0.05, 0.1) is 28.9 Å². The molecule has 0 bridgehead atoms. The maximum Gasteiger partial charge on any atom is 0.135 e. The molecule has 2 N–H and O–H groups in total. The van der Waals surface area contributed by atoms with Gasteiger partial charge in [0.15, 0.2) is 0 Å². The first kappa shape index (κ1) is 16.6. The van der Waals surface area contributed by atoms with Crippen LogP contribution in [0.4, 0.5) is 0 Å². The number of aliphatic hydroxyl groups excluding tert-OH is 1. The van der Waals surface area contributed by atoms with E-state index in [0.717, 1.165) is 21.5 Å².